The van der Waals surface area contributed by atoms with Gasteiger partial charge in [0.2, 0.25) is 0 Å². The number of unbranched alkanes of at least 4 members (excludes halogenated alkanes) is 19. The molecule has 0 aliphatic carbocycles. The number of rotatable bonds is 23. The lowest BCUT2D eigenvalue weighted by Crippen LogP contribution is -1.97. The molecule has 0 N–H and O–H groups in total. The third-order valence-electron chi connectivity index (χ3n) is 6.28. The zero-order valence-corrected chi connectivity index (χ0v) is 21.3. The van der Waals surface area contributed by atoms with Crippen LogP contribution in [0.1, 0.15) is 147 Å². The summed E-state index contributed by atoms with van der Waals surface area (Å²) in [6.07, 6.45) is 29.8. The van der Waals surface area contributed by atoms with Gasteiger partial charge >= 0.3 is 0 Å². The molecule has 1 rings (SSSR count). The van der Waals surface area contributed by atoms with E-state index in [1.807, 2.05) is 11.3 Å². The minimum atomic E-state index is 0.892. The molecule has 0 aromatic carbocycles. The summed E-state index contributed by atoms with van der Waals surface area (Å²) in [5.41, 5.74) is 0. The first-order chi connectivity index (χ1) is 14.9. The van der Waals surface area contributed by atoms with Crippen molar-refractivity contribution in [2.45, 2.75) is 149 Å². The van der Waals surface area contributed by atoms with Crippen LogP contribution in [0.25, 0.3) is 0 Å². The molecule has 176 valence electrons. The van der Waals surface area contributed by atoms with Crippen LogP contribution in [0.15, 0.2) is 11.4 Å². The molecule has 1 aromatic rings. The first-order valence-electron chi connectivity index (χ1n) is 13.6. The van der Waals surface area contributed by atoms with Gasteiger partial charge in [-0.25, -0.2) is 0 Å². The van der Waals surface area contributed by atoms with E-state index in [0.29, 0.717) is 0 Å². The minimum Gasteiger partial charge on any atom is -0.492 e. The van der Waals surface area contributed by atoms with Gasteiger partial charge in [0.05, 0.1) is 6.61 Å². The molecule has 0 fully saturated rings. The molecule has 0 aliphatic rings. The van der Waals surface area contributed by atoms with Gasteiger partial charge in [-0.1, -0.05) is 136 Å². The third-order valence-corrected chi connectivity index (χ3v) is 7.33. The summed E-state index contributed by atoms with van der Waals surface area (Å²) in [4.78, 5) is 1.39. The largest absolute Gasteiger partial charge is 0.492 e. The van der Waals surface area contributed by atoms with Gasteiger partial charge in [-0.3, -0.25) is 0 Å². The Morgan fingerprint density at radius 1 is 0.567 bits per heavy atom. The van der Waals surface area contributed by atoms with Gasteiger partial charge in [0.15, 0.2) is 0 Å². The number of ether oxygens (including phenoxy) is 1. The lowest BCUT2D eigenvalue weighted by Gasteiger charge is -2.06. The van der Waals surface area contributed by atoms with Crippen molar-refractivity contribution in [2.75, 3.05) is 6.61 Å². The molecule has 0 atom stereocenters. The Balaban J connectivity index is 1.69. The van der Waals surface area contributed by atoms with Crippen molar-refractivity contribution in [1.29, 1.82) is 0 Å². The maximum atomic E-state index is 5.92. The zero-order valence-electron chi connectivity index (χ0n) is 20.5. The van der Waals surface area contributed by atoms with Crippen LogP contribution in [0, 0.1) is 0 Å². The molecule has 1 aromatic heterocycles. The number of hydrogen-bond acceptors (Lipinski definition) is 2. The van der Waals surface area contributed by atoms with Crippen LogP contribution < -0.4 is 4.74 Å². The summed E-state index contributed by atoms with van der Waals surface area (Å²) >= 11 is 1.82. The van der Waals surface area contributed by atoms with Crippen molar-refractivity contribution in [3.05, 3.63) is 16.3 Å². The standard InChI is InChI=1S/C28H52OS/c1-3-5-6-7-8-9-10-11-12-13-14-15-16-17-18-19-20-21-22-23-25-29-27-24-26-30-28(27)4-2/h24,26H,3-23,25H2,1-2H3. The molecule has 1 heterocycles. The second-order valence-corrected chi connectivity index (χ2v) is 10.1. The van der Waals surface area contributed by atoms with E-state index < -0.39 is 0 Å². The van der Waals surface area contributed by atoms with Gasteiger partial charge in [-0.2, -0.15) is 0 Å². The first kappa shape index (κ1) is 27.5. The van der Waals surface area contributed by atoms with Crippen LogP contribution >= 0.6 is 11.3 Å². The Kier molecular flexibility index (Phi) is 19.9. The number of aryl methyl sites for hydroxylation is 1. The zero-order chi connectivity index (χ0) is 21.5. The third kappa shape index (κ3) is 16.2. The Hall–Kier alpha value is -0.500. The van der Waals surface area contributed by atoms with Gasteiger partial charge < -0.3 is 4.74 Å². The van der Waals surface area contributed by atoms with Gasteiger partial charge in [0.1, 0.15) is 5.75 Å². The van der Waals surface area contributed by atoms with Crippen LogP contribution in [-0.4, -0.2) is 6.61 Å². The van der Waals surface area contributed by atoms with Crippen LogP contribution in [0.2, 0.25) is 0 Å². The molecule has 1 nitrogen and oxygen atoms in total. The molecule has 0 radical (unpaired) electrons. The Bertz CT molecular complexity index is 453. The van der Waals surface area contributed by atoms with E-state index in [-0.39, 0.29) is 0 Å². The number of hydrogen-bond donors (Lipinski definition) is 0. The summed E-state index contributed by atoms with van der Waals surface area (Å²) in [6.45, 7) is 5.40. The summed E-state index contributed by atoms with van der Waals surface area (Å²) in [6, 6.07) is 2.12. The molecule has 0 amide bonds. The fourth-order valence-corrected chi connectivity index (χ4v) is 5.02. The summed E-state index contributed by atoms with van der Waals surface area (Å²) < 4.78 is 5.92. The molecule has 0 aliphatic heterocycles. The van der Waals surface area contributed by atoms with Crippen LogP contribution in [0.4, 0.5) is 0 Å². The second-order valence-electron chi connectivity index (χ2n) is 9.13. The van der Waals surface area contributed by atoms with Crippen LogP contribution in [-0.2, 0) is 6.42 Å². The molecule has 0 unspecified atom stereocenters. The van der Waals surface area contributed by atoms with Crippen molar-refractivity contribution >= 4 is 11.3 Å². The highest BCUT2D eigenvalue weighted by atomic mass is 32.1. The topological polar surface area (TPSA) is 9.23 Å². The Morgan fingerprint density at radius 3 is 1.37 bits per heavy atom. The summed E-state index contributed by atoms with van der Waals surface area (Å²) in [7, 11) is 0. The van der Waals surface area contributed by atoms with Crippen LogP contribution in [0.3, 0.4) is 0 Å². The summed E-state index contributed by atoms with van der Waals surface area (Å²) in [5, 5.41) is 2.14. The molecule has 0 bridgehead atoms. The predicted octanol–water partition coefficient (Wildman–Crippen LogP) is 10.5. The maximum Gasteiger partial charge on any atom is 0.133 e. The number of thiophene rings is 1. The predicted molar refractivity (Wildman–Crippen MR) is 137 cm³/mol. The fourth-order valence-electron chi connectivity index (χ4n) is 4.25. The smallest absolute Gasteiger partial charge is 0.133 e. The lowest BCUT2D eigenvalue weighted by atomic mass is 10.0. The maximum absolute atomic E-state index is 5.92. The van der Waals surface area contributed by atoms with Crippen LogP contribution in [0.5, 0.6) is 5.75 Å². The average Bonchev–Trinajstić information content (AvgIpc) is 3.22. The molecule has 0 saturated carbocycles. The van der Waals surface area contributed by atoms with Crippen molar-refractivity contribution in [3.8, 4) is 5.75 Å². The van der Waals surface area contributed by atoms with Crippen molar-refractivity contribution < 1.29 is 4.74 Å². The molecule has 2 heteroatoms. The van der Waals surface area contributed by atoms with E-state index in [1.54, 1.807) is 0 Å². The van der Waals surface area contributed by atoms with Gasteiger partial charge in [-0.05, 0) is 24.3 Å². The Labute approximate surface area is 193 Å². The quantitative estimate of drug-likeness (QED) is 0.155. The molecular formula is C28H52OS. The molecular weight excluding hydrogens is 384 g/mol. The summed E-state index contributed by atoms with van der Waals surface area (Å²) in [5.74, 6) is 1.13. The highest BCUT2D eigenvalue weighted by Gasteiger charge is 2.02. The molecule has 0 saturated heterocycles. The van der Waals surface area contributed by atoms with Crippen molar-refractivity contribution in [1.82, 2.24) is 0 Å². The second kappa shape index (κ2) is 21.7. The van der Waals surface area contributed by atoms with Gasteiger partial charge in [0.25, 0.3) is 0 Å². The van der Waals surface area contributed by atoms with E-state index in [0.717, 1.165) is 18.8 Å². The minimum absolute atomic E-state index is 0.892. The Morgan fingerprint density at radius 2 is 0.967 bits per heavy atom. The van der Waals surface area contributed by atoms with Gasteiger partial charge in [-0.15, -0.1) is 11.3 Å². The van der Waals surface area contributed by atoms with E-state index in [9.17, 15) is 0 Å². The van der Waals surface area contributed by atoms with Gasteiger partial charge in [0, 0.05) is 4.88 Å². The van der Waals surface area contributed by atoms with Crippen molar-refractivity contribution in [2.24, 2.45) is 0 Å². The average molecular weight is 437 g/mol. The van der Waals surface area contributed by atoms with E-state index in [1.165, 1.54) is 133 Å². The highest BCUT2D eigenvalue weighted by molar-refractivity contribution is 7.10. The SMILES string of the molecule is CCCCCCCCCCCCCCCCCCCCCCOc1ccsc1CC. The van der Waals surface area contributed by atoms with Crippen molar-refractivity contribution in [3.63, 3.8) is 0 Å². The van der Waals surface area contributed by atoms with E-state index >= 15 is 0 Å². The highest BCUT2D eigenvalue weighted by Crippen LogP contribution is 2.25. The van der Waals surface area contributed by atoms with E-state index in [2.05, 4.69) is 25.3 Å². The first-order valence-corrected chi connectivity index (χ1v) is 14.5. The monoisotopic (exact) mass is 436 g/mol. The molecule has 0 spiro atoms. The molecule has 30 heavy (non-hydrogen) atoms. The fraction of sp³-hybridized carbons (Fsp3) is 0.857. The normalized spacial score (nSPS) is 11.3. The lowest BCUT2D eigenvalue weighted by molar-refractivity contribution is 0.303. The van der Waals surface area contributed by atoms with E-state index in [4.69, 9.17) is 4.74 Å².